The lowest BCUT2D eigenvalue weighted by Crippen LogP contribution is -1.47. The lowest BCUT2D eigenvalue weighted by molar-refractivity contribution is 0.886. The minimum Gasteiger partial charge on any atom is -0.169 e. The fourth-order valence-electron chi connectivity index (χ4n) is 0. The van der Waals surface area contributed by atoms with Crippen molar-refractivity contribution in [1.82, 2.24) is 0 Å². The molecule has 0 bridgehead atoms. The summed E-state index contributed by atoms with van der Waals surface area (Å²) in [5.74, 6) is 0. The van der Waals surface area contributed by atoms with E-state index in [-0.39, 0.29) is 0 Å². The van der Waals surface area contributed by atoms with Crippen molar-refractivity contribution < 1.29 is 0 Å². The Kier molecular flexibility index (Phi) is 56.2. The van der Waals surface area contributed by atoms with Gasteiger partial charge in [-0.1, -0.05) is 53.4 Å². The van der Waals surface area contributed by atoms with Gasteiger partial charge in [-0.2, -0.15) is 22.4 Å². The van der Waals surface area contributed by atoms with Crippen LogP contribution in [0.4, 0.5) is 0 Å². The van der Waals surface area contributed by atoms with Crippen molar-refractivity contribution in [1.29, 1.82) is 0 Å². The molecule has 0 fully saturated rings. The number of unbranched alkanes of at least 4 members (excludes halogenated alkanes) is 2. The Bertz CT molecular complexity index is 17.2. The first-order chi connectivity index (χ1) is 4.83. The highest BCUT2D eigenvalue weighted by molar-refractivity contribution is 14.1. The highest BCUT2D eigenvalue weighted by Gasteiger charge is 1.56. The fraction of sp³-hybridized carbons (Fsp3) is 1.00. The van der Waals surface area contributed by atoms with E-state index < -0.39 is 0 Å². The summed E-state index contributed by atoms with van der Waals surface area (Å²) in [5, 5.41) is 0. The maximum Gasteiger partial charge on any atom is 0.169 e. The van der Waals surface area contributed by atoms with Gasteiger partial charge in [0, 0.05) is 0 Å². The van der Waals surface area contributed by atoms with Crippen molar-refractivity contribution in [2.24, 2.45) is 0 Å². The molecule has 0 aliphatic rings. The zero-order valence-electron chi connectivity index (χ0n) is 7.78. The Morgan fingerprint density at radius 2 is 0.800 bits per heavy atom. The average molecular weight is 254 g/mol. The monoisotopic (exact) mass is 254 g/mol. The third-order valence-electron chi connectivity index (χ3n) is 1.000. The summed E-state index contributed by atoms with van der Waals surface area (Å²) in [4.78, 5) is 0. The van der Waals surface area contributed by atoms with Crippen molar-refractivity contribution >= 4 is 28.1 Å². The fourth-order valence-corrected chi connectivity index (χ4v) is 0. The standard InChI is InChI=1S/2C4H10.BI/c2*1-3-4-2;1-2/h2*3-4H2,1-2H3;. The van der Waals surface area contributed by atoms with E-state index in [0.717, 1.165) is 0 Å². The molecule has 0 atom stereocenters. The van der Waals surface area contributed by atoms with E-state index in [2.05, 4.69) is 33.4 Å². The maximum atomic E-state index is 4.47. The molecule has 0 spiro atoms. The summed E-state index contributed by atoms with van der Waals surface area (Å²) in [5.41, 5.74) is 4.47. The number of hydrogen-bond acceptors (Lipinski definition) is 0. The first kappa shape index (κ1) is 17.0. The van der Waals surface area contributed by atoms with Crippen molar-refractivity contribution in [3.63, 3.8) is 0 Å². The van der Waals surface area contributed by atoms with E-state index in [1.807, 2.05) is 0 Å². The molecule has 0 aromatic carbocycles. The Morgan fingerprint density at radius 1 is 0.700 bits per heavy atom. The molecule has 0 N–H and O–H groups in total. The highest BCUT2D eigenvalue weighted by Crippen LogP contribution is 1.77. The van der Waals surface area contributed by atoms with Crippen molar-refractivity contribution in [3.05, 3.63) is 0 Å². The second kappa shape index (κ2) is 33.0. The zero-order chi connectivity index (χ0) is 8.83. The highest BCUT2D eigenvalue weighted by atomic mass is 127. The second-order valence-electron chi connectivity index (χ2n) is 2.00. The first-order valence-electron chi connectivity index (χ1n) is 4.05. The van der Waals surface area contributed by atoms with Crippen LogP contribution in [0, 0.1) is 0 Å². The van der Waals surface area contributed by atoms with Crippen LogP contribution in [0.1, 0.15) is 53.4 Å². The van der Waals surface area contributed by atoms with Gasteiger partial charge < -0.3 is 0 Å². The van der Waals surface area contributed by atoms with E-state index in [1.54, 1.807) is 22.4 Å². The van der Waals surface area contributed by atoms with Crippen LogP contribution in [0.3, 0.4) is 0 Å². The SMILES string of the molecule is CCCC.CCCC.[B]I. The van der Waals surface area contributed by atoms with Crippen LogP contribution in [0.15, 0.2) is 0 Å². The van der Waals surface area contributed by atoms with Crippen LogP contribution in [0.25, 0.3) is 0 Å². The van der Waals surface area contributed by atoms with Crippen LogP contribution in [-0.2, 0) is 0 Å². The summed E-state index contributed by atoms with van der Waals surface area (Å²) in [6.45, 7) is 8.72. The van der Waals surface area contributed by atoms with Crippen molar-refractivity contribution in [2.45, 2.75) is 53.4 Å². The molecule has 0 saturated carbocycles. The molecule has 0 heterocycles. The van der Waals surface area contributed by atoms with Crippen molar-refractivity contribution in [3.8, 4) is 0 Å². The predicted molar refractivity (Wildman–Crippen MR) is 60.9 cm³/mol. The van der Waals surface area contributed by atoms with Gasteiger partial charge in [-0.05, 0) is 0 Å². The summed E-state index contributed by atoms with van der Waals surface area (Å²) >= 11 is 1.65. The lowest BCUT2D eigenvalue weighted by atomic mass is 10.4. The van der Waals surface area contributed by atoms with Gasteiger partial charge in [0.05, 0.1) is 0 Å². The Balaban J connectivity index is -0.0000000787. The van der Waals surface area contributed by atoms with E-state index in [9.17, 15) is 0 Å². The van der Waals surface area contributed by atoms with Gasteiger partial charge in [0.25, 0.3) is 0 Å². The molecule has 0 rings (SSSR count). The number of rotatable bonds is 2. The topological polar surface area (TPSA) is 0 Å². The molecule has 0 aliphatic carbocycles. The zero-order valence-corrected chi connectivity index (χ0v) is 9.94. The molecule has 0 saturated heterocycles. The smallest absolute Gasteiger partial charge is 0.169 e. The van der Waals surface area contributed by atoms with E-state index in [4.69, 9.17) is 0 Å². The first-order valence-corrected chi connectivity index (χ1v) is 5.29. The van der Waals surface area contributed by atoms with E-state index in [1.165, 1.54) is 25.7 Å². The molecule has 0 nitrogen and oxygen atoms in total. The van der Waals surface area contributed by atoms with E-state index in [0.29, 0.717) is 0 Å². The average Bonchev–Trinajstić information content (AvgIpc) is 2.08. The Morgan fingerprint density at radius 3 is 0.800 bits per heavy atom. The summed E-state index contributed by atoms with van der Waals surface area (Å²) in [6.07, 6.45) is 5.28. The molecule has 0 aromatic rings. The quantitative estimate of drug-likeness (QED) is 0.513. The summed E-state index contributed by atoms with van der Waals surface area (Å²) in [6, 6.07) is 0. The molecule has 0 aromatic heterocycles. The summed E-state index contributed by atoms with van der Waals surface area (Å²) < 4.78 is 0. The normalized spacial score (nSPS) is 6.50. The predicted octanol–water partition coefficient (Wildman–Crippen LogP) is 4.12. The number of halogens is 1. The Labute approximate surface area is 81.5 Å². The molecule has 2 heteroatoms. The van der Waals surface area contributed by atoms with Gasteiger partial charge in [0.1, 0.15) is 0 Å². The third-order valence-corrected chi connectivity index (χ3v) is 1.000. The van der Waals surface area contributed by atoms with E-state index >= 15 is 0 Å². The van der Waals surface area contributed by atoms with Crippen LogP contribution >= 0.6 is 22.4 Å². The lowest BCUT2D eigenvalue weighted by Gasteiger charge is -1.68. The summed E-state index contributed by atoms with van der Waals surface area (Å²) in [7, 11) is 0. The van der Waals surface area contributed by atoms with Crippen LogP contribution < -0.4 is 0 Å². The molecule has 10 heavy (non-hydrogen) atoms. The van der Waals surface area contributed by atoms with Crippen LogP contribution in [-0.4, -0.2) is 5.70 Å². The van der Waals surface area contributed by atoms with Gasteiger partial charge in [-0.15, -0.1) is 0 Å². The molecular weight excluding hydrogens is 234 g/mol. The molecule has 0 unspecified atom stereocenters. The molecular formula is C8H20BI. The molecule has 0 amide bonds. The van der Waals surface area contributed by atoms with Gasteiger partial charge in [0.2, 0.25) is 0 Å². The molecule has 2 radical (unpaired) electrons. The van der Waals surface area contributed by atoms with Gasteiger partial charge in [-0.25, -0.2) is 0 Å². The van der Waals surface area contributed by atoms with Crippen LogP contribution in [0.5, 0.6) is 0 Å². The molecule has 62 valence electrons. The third kappa shape index (κ3) is 68.4. The Hall–Kier alpha value is 0.795. The largest absolute Gasteiger partial charge is 0.169 e. The minimum atomic E-state index is 1.32. The second-order valence-corrected chi connectivity index (χ2v) is 2.00. The molecule has 0 aliphatic heterocycles. The maximum absolute atomic E-state index is 4.47. The number of hydrogen-bond donors (Lipinski definition) is 0. The minimum absolute atomic E-state index is 1.32. The van der Waals surface area contributed by atoms with Crippen molar-refractivity contribution in [2.75, 3.05) is 0 Å². The van der Waals surface area contributed by atoms with Crippen LogP contribution in [0.2, 0.25) is 0 Å². The van der Waals surface area contributed by atoms with Gasteiger partial charge in [-0.3, -0.25) is 0 Å². The van der Waals surface area contributed by atoms with Gasteiger partial charge >= 0.3 is 0 Å². The van der Waals surface area contributed by atoms with Gasteiger partial charge in [0.15, 0.2) is 5.70 Å².